The number of para-hydroxylation sites is 1. The minimum Gasteiger partial charge on any atom is -0.299 e. The Morgan fingerprint density at radius 1 is 0.923 bits per heavy atom. The molecule has 4 rings (SSSR count). The first-order chi connectivity index (χ1) is 18.6. The smallest absolute Gasteiger partial charge is 0.145 e. The molecule has 0 aliphatic heterocycles. The zero-order valence-corrected chi connectivity index (χ0v) is 25.4. The highest BCUT2D eigenvalue weighted by molar-refractivity contribution is 5.73. The van der Waals surface area contributed by atoms with Gasteiger partial charge in [0.25, 0.3) is 0 Å². The summed E-state index contributed by atoms with van der Waals surface area (Å²) < 4.78 is 2.25. The number of aromatic nitrogens is 2. The van der Waals surface area contributed by atoms with Crippen molar-refractivity contribution in [1.29, 1.82) is 5.26 Å². The summed E-state index contributed by atoms with van der Waals surface area (Å²) in [6, 6.07) is 23.4. The molecule has 39 heavy (non-hydrogen) atoms. The Kier molecular flexibility index (Phi) is 9.92. The first-order valence-corrected chi connectivity index (χ1v) is 14.4. The second-order valence-electron chi connectivity index (χ2n) is 11.4. The Morgan fingerprint density at radius 3 is 2.21 bits per heavy atom. The van der Waals surface area contributed by atoms with Gasteiger partial charge in [-0.15, -0.1) is 0 Å². The zero-order valence-electron chi connectivity index (χ0n) is 25.4. The first kappa shape index (κ1) is 29.9. The van der Waals surface area contributed by atoms with Gasteiger partial charge in [0.1, 0.15) is 5.82 Å². The van der Waals surface area contributed by atoms with Gasteiger partial charge in [-0.05, 0) is 66.5 Å². The monoisotopic (exact) mass is 519 g/mol. The van der Waals surface area contributed by atoms with Gasteiger partial charge in [-0.25, -0.2) is 4.98 Å². The molecule has 0 atom stereocenters. The van der Waals surface area contributed by atoms with Crippen molar-refractivity contribution in [3.05, 3.63) is 94.7 Å². The van der Waals surface area contributed by atoms with E-state index in [1.54, 1.807) is 0 Å². The molecular formula is C36H45N3. The molecule has 0 fully saturated rings. The molecule has 204 valence electrons. The van der Waals surface area contributed by atoms with Crippen LogP contribution in [0.1, 0.15) is 89.1 Å². The van der Waals surface area contributed by atoms with Gasteiger partial charge in [0, 0.05) is 17.3 Å². The van der Waals surface area contributed by atoms with Crippen LogP contribution in [0.4, 0.5) is 0 Å². The summed E-state index contributed by atoms with van der Waals surface area (Å²) in [5, 5.41) is 9.76. The molecule has 1 aromatic heterocycles. The number of rotatable bonds is 7. The lowest BCUT2D eigenvalue weighted by molar-refractivity contribution is 0.373. The predicted octanol–water partition coefficient (Wildman–Crippen LogP) is 10.00. The normalized spacial score (nSPS) is 11.2. The lowest BCUT2D eigenvalue weighted by atomic mass is 9.73. The first-order valence-electron chi connectivity index (χ1n) is 14.4. The number of imidazole rings is 1. The largest absolute Gasteiger partial charge is 0.299 e. The van der Waals surface area contributed by atoms with Gasteiger partial charge < -0.3 is 0 Å². The average Bonchev–Trinajstić information content (AvgIpc) is 3.37. The number of benzene rings is 3. The van der Waals surface area contributed by atoms with Crippen LogP contribution in [0.3, 0.4) is 0 Å². The summed E-state index contributed by atoms with van der Waals surface area (Å²) in [6.07, 6.45) is 5.73. The highest BCUT2D eigenvalue weighted by atomic mass is 15.1. The second-order valence-corrected chi connectivity index (χ2v) is 11.4. The maximum Gasteiger partial charge on any atom is 0.145 e. The highest BCUT2D eigenvalue weighted by Gasteiger charge is 2.30. The van der Waals surface area contributed by atoms with Crippen molar-refractivity contribution >= 4 is 0 Å². The topological polar surface area (TPSA) is 41.6 Å². The minimum absolute atomic E-state index is 0.0943. The summed E-state index contributed by atoms with van der Waals surface area (Å²) in [4.78, 5) is 5.25. The van der Waals surface area contributed by atoms with Crippen LogP contribution in [0.25, 0.3) is 28.3 Å². The van der Waals surface area contributed by atoms with E-state index in [0.29, 0.717) is 11.5 Å². The number of nitrogens with zero attached hydrogens (tertiary/aromatic N) is 3. The molecule has 0 radical (unpaired) electrons. The van der Waals surface area contributed by atoms with Crippen LogP contribution < -0.4 is 0 Å². The molecule has 0 amide bonds. The van der Waals surface area contributed by atoms with Crippen molar-refractivity contribution in [2.45, 2.75) is 87.0 Å². The van der Waals surface area contributed by atoms with Crippen molar-refractivity contribution in [2.24, 2.45) is 5.92 Å². The van der Waals surface area contributed by atoms with E-state index in [-0.39, 0.29) is 5.41 Å². The van der Waals surface area contributed by atoms with Gasteiger partial charge in [0.2, 0.25) is 0 Å². The van der Waals surface area contributed by atoms with Crippen LogP contribution in [-0.4, -0.2) is 9.55 Å². The molecule has 3 nitrogen and oxygen atoms in total. The predicted molar refractivity (Wildman–Crippen MR) is 166 cm³/mol. The van der Waals surface area contributed by atoms with Crippen molar-refractivity contribution in [1.82, 2.24) is 9.55 Å². The number of hydrogen-bond acceptors (Lipinski definition) is 2. The van der Waals surface area contributed by atoms with Crippen molar-refractivity contribution in [3.63, 3.8) is 0 Å². The van der Waals surface area contributed by atoms with Gasteiger partial charge in [-0.3, -0.25) is 4.57 Å². The molecule has 1 heterocycles. The second kappa shape index (κ2) is 12.9. The molecule has 0 unspecified atom stereocenters. The Balaban J connectivity index is 0.000000983. The molecular weight excluding hydrogens is 474 g/mol. The van der Waals surface area contributed by atoms with Gasteiger partial charge in [-0.2, -0.15) is 5.26 Å². The SMILES string of the molecule is CCCC.CCc1cccc(C)c1-n1cc(-c2cccc(C)c2)nc1-c1cc(C#N)ccc1C(C)(C)C(C)C. The Bertz CT molecular complexity index is 1440. The van der Waals surface area contributed by atoms with Crippen LogP contribution in [-0.2, 0) is 11.8 Å². The molecule has 0 aliphatic carbocycles. The molecule has 0 spiro atoms. The molecule has 0 aliphatic rings. The molecule has 3 heteroatoms. The fraction of sp³-hybridized carbons (Fsp3) is 0.389. The van der Waals surface area contributed by atoms with Gasteiger partial charge in [0.15, 0.2) is 0 Å². The Labute approximate surface area is 236 Å². The summed E-state index contributed by atoms with van der Waals surface area (Å²) in [5.74, 6) is 1.30. The maximum atomic E-state index is 9.76. The van der Waals surface area contributed by atoms with Gasteiger partial charge in [0.05, 0.1) is 23.0 Å². The maximum absolute atomic E-state index is 9.76. The van der Waals surface area contributed by atoms with Crippen LogP contribution in [0.15, 0.2) is 66.9 Å². The Morgan fingerprint density at radius 2 is 1.62 bits per heavy atom. The fourth-order valence-electron chi connectivity index (χ4n) is 4.71. The van der Waals surface area contributed by atoms with E-state index in [4.69, 9.17) is 4.98 Å². The van der Waals surface area contributed by atoms with Gasteiger partial charge >= 0.3 is 0 Å². The minimum atomic E-state index is -0.0943. The van der Waals surface area contributed by atoms with Crippen molar-refractivity contribution < 1.29 is 0 Å². The van der Waals surface area contributed by atoms with E-state index < -0.39 is 0 Å². The number of hydrogen-bond donors (Lipinski definition) is 0. The number of nitriles is 1. The van der Waals surface area contributed by atoms with Crippen LogP contribution in [0, 0.1) is 31.1 Å². The molecule has 4 aromatic rings. The highest BCUT2D eigenvalue weighted by Crippen LogP contribution is 2.40. The van der Waals surface area contributed by atoms with Crippen LogP contribution in [0.5, 0.6) is 0 Å². The van der Waals surface area contributed by atoms with E-state index in [2.05, 4.69) is 128 Å². The molecule has 0 saturated carbocycles. The lowest BCUT2D eigenvalue weighted by Gasteiger charge is -2.32. The van der Waals surface area contributed by atoms with E-state index >= 15 is 0 Å². The molecule has 0 saturated heterocycles. The molecule has 0 N–H and O–H groups in total. The Hall–Kier alpha value is -3.64. The number of aryl methyl sites for hydroxylation is 3. The zero-order chi connectivity index (χ0) is 28.7. The van der Waals surface area contributed by atoms with Crippen LogP contribution in [0.2, 0.25) is 0 Å². The van der Waals surface area contributed by atoms with Crippen LogP contribution >= 0.6 is 0 Å². The third-order valence-electron chi connectivity index (χ3n) is 7.99. The third kappa shape index (κ3) is 6.51. The molecule has 0 bridgehead atoms. The quantitative estimate of drug-likeness (QED) is 0.244. The summed E-state index contributed by atoms with van der Waals surface area (Å²) in [7, 11) is 0. The van der Waals surface area contributed by atoms with Gasteiger partial charge in [-0.1, -0.05) is 109 Å². The van der Waals surface area contributed by atoms with E-state index in [1.807, 2.05) is 12.1 Å². The summed E-state index contributed by atoms with van der Waals surface area (Å²) in [5.41, 5.74) is 9.68. The van der Waals surface area contributed by atoms with Crippen molar-refractivity contribution in [3.8, 4) is 34.4 Å². The lowest BCUT2D eigenvalue weighted by Crippen LogP contribution is -2.25. The third-order valence-corrected chi connectivity index (χ3v) is 7.99. The number of unbranched alkanes of at least 4 members (excludes halogenated alkanes) is 1. The van der Waals surface area contributed by atoms with E-state index in [9.17, 15) is 5.26 Å². The fourth-order valence-corrected chi connectivity index (χ4v) is 4.71. The van der Waals surface area contributed by atoms with E-state index in [0.717, 1.165) is 29.1 Å². The van der Waals surface area contributed by atoms with Crippen molar-refractivity contribution in [2.75, 3.05) is 0 Å². The summed E-state index contributed by atoms with van der Waals surface area (Å²) in [6.45, 7) is 19.9. The average molecular weight is 520 g/mol. The van der Waals surface area contributed by atoms with E-state index in [1.165, 1.54) is 40.8 Å². The molecule has 3 aromatic carbocycles. The standard InChI is InChI=1S/C32H35N3.C4H10/c1-8-25-13-10-12-23(5)30(25)35-20-29(26-14-9-11-22(4)17-26)34-31(35)27-18-24(19-33)15-16-28(27)32(6,7)21(2)3;1-3-4-2/h9-18,20-21H,8H2,1-7H3;3-4H2,1-2H3. The summed E-state index contributed by atoms with van der Waals surface area (Å²) >= 11 is 0.